The molecule has 0 radical (unpaired) electrons. The van der Waals surface area contributed by atoms with Crippen LogP contribution >= 0.6 is 0 Å². The number of benzene rings is 3. The Balaban J connectivity index is 1.97. The molecule has 0 saturated heterocycles. The summed E-state index contributed by atoms with van der Waals surface area (Å²) in [6.07, 6.45) is 0. The zero-order valence-electron chi connectivity index (χ0n) is 24.4. The van der Waals surface area contributed by atoms with E-state index in [4.69, 9.17) is 9.47 Å². The first-order chi connectivity index (χ1) is 18.9. The predicted molar refractivity (Wildman–Crippen MR) is 156 cm³/mol. The van der Waals surface area contributed by atoms with E-state index >= 15 is 0 Å². The lowest BCUT2D eigenvalue weighted by molar-refractivity contribution is -0.128. The number of methoxy groups -OCH3 is 2. The van der Waals surface area contributed by atoms with E-state index in [0.717, 1.165) is 22.2 Å². The molecule has 1 unspecified atom stereocenters. The van der Waals surface area contributed by atoms with Crippen LogP contribution in [0.25, 0.3) is 11.0 Å². The van der Waals surface area contributed by atoms with Gasteiger partial charge >= 0.3 is 0 Å². The number of aryl methyl sites for hydroxylation is 3. The van der Waals surface area contributed by atoms with Crippen molar-refractivity contribution in [3.05, 3.63) is 76.9 Å². The molecule has 4 aromatic rings. The van der Waals surface area contributed by atoms with Crippen LogP contribution in [0.1, 0.15) is 49.1 Å². The number of nitrogens with one attached hydrogen (secondary N) is 1. The molecule has 40 heavy (non-hydrogen) atoms. The predicted octanol–water partition coefficient (Wildman–Crippen LogP) is 5.06. The topological polar surface area (TPSA) is 98.6 Å². The Morgan fingerprint density at radius 1 is 0.975 bits per heavy atom. The van der Waals surface area contributed by atoms with Gasteiger partial charge in [-0.2, -0.15) is 0 Å². The van der Waals surface area contributed by atoms with E-state index < -0.39 is 11.6 Å². The molecular weight excluding hydrogens is 506 g/mol. The second kappa shape index (κ2) is 11.4. The van der Waals surface area contributed by atoms with Gasteiger partial charge in [0.05, 0.1) is 25.4 Å². The van der Waals surface area contributed by atoms with Crippen LogP contribution in [-0.2, 0) is 16.1 Å². The van der Waals surface area contributed by atoms with Gasteiger partial charge in [-0.15, -0.1) is 5.10 Å². The average Bonchev–Trinajstić information content (AvgIpc) is 3.28. The van der Waals surface area contributed by atoms with Crippen LogP contribution < -0.4 is 19.7 Å². The molecule has 1 N–H and O–H groups in total. The van der Waals surface area contributed by atoms with Gasteiger partial charge in [-0.05, 0) is 70.9 Å². The molecule has 2 amide bonds. The Hall–Kier alpha value is -4.40. The van der Waals surface area contributed by atoms with Crippen LogP contribution in [0, 0.1) is 20.8 Å². The first-order valence-electron chi connectivity index (χ1n) is 13.2. The molecule has 1 atom stereocenters. The fourth-order valence-electron chi connectivity index (χ4n) is 5.15. The van der Waals surface area contributed by atoms with Crippen LogP contribution in [0.3, 0.4) is 0 Å². The number of ether oxygens (including phenoxy) is 2. The summed E-state index contributed by atoms with van der Waals surface area (Å²) in [5, 5.41) is 11.5. The average molecular weight is 544 g/mol. The molecule has 210 valence electrons. The summed E-state index contributed by atoms with van der Waals surface area (Å²) in [6.45, 7) is 11.5. The van der Waals surface area contributed by atoms with Crippen molar-refractivity contribution in [1.82, 2.24) is 20.3 Å². The van der Waals surface area contributed by atoms with Crippen molar-refractivity contribution in [3.8, 4) is 11.5 Å². The molecule has 0 spiro atoms. The summed E-state index contributed by atoms with van der Waals surface area (Å²) in [5.41, 5.74) is 4.79. The second-order valence-electron chi connectivity index (χ2n) is 11.0. The van der Waals surface area contributed by atoms with E-state index in [0.29, 0.717) is 28.3 Å². The van der Waals surface area contributed by atoms with E-state index in [1.807, 2.05) is 77.9 Å². The Bertz CT molecular complexity index is 1530. The fraction of sp³-hybridized carbons (Fsp3) is 0.355. The van der Waals surface area contributed by atoms with Crippen molar-refractivity contribution < 1.29 is 19.1 Å². The number of fused-ring (bicyclic) bond motifs is 1. The van der Waals surface area contributed by atoms with Crippen molar-refractivity contribution in [2.24, 2.45) is 0 Å². The normalized spacial score (nSPS) is 12.2. The molecule has 1 heterocycles. The molecule has 4 rings (SSSR count). The number of hydrogen-bond acceptors (Lipinski definition) is 6. The van der Waals surface area contributed by atoms with E-state index in [1.54, 1.807) is 34.9 Å². The quantitative estimate of drug-likeness (QED) is 0.334. The van der Waals surface area contributed by atoms with Crippen molar-refractivity contribution >= 4 is 28.5 Å². The Morgan fingerprint density at radius 3 is 2.27 bits per heavy atom. The number of carbonyl (C=O) groups is 2. The number of aromatic nitrogens is 3. The van der Waals surface area contributed by atoms with Gasteiger partial charge in [0.25, 0.3) is 0 Å². The minimum absolute atomic E-state index is 0.126. The summed E-state index contributed by atoms with van der Waals surface area (Å²) in [6, 6.07) is 15.7. The summed E-state index contributed by atoms with van der Waals surface area (Å²) in [4.78, 5) is 30.3. The zero-order valence-corrected chi connectivity index (χ0v) is 24.4. The molecule has 3 aromatic carbocycles. The van der Waals surface area contributed by atoms with Crippen LogP contribution in [0.4, 0.5) is 5.69 Å². The van der Waals surface area contributed by atoms with Gasteiger partial charge in [0.15, 0.2) is 11.5 Å². The molecule has 0 aliphatic rings. The van der Waals surface area contributed by atoms with Crippen LogP contribution in [-0.4, -0.2) is 46.6 Å². The van der Waals surface area contributed by atoms with Crippen LogP contribution in [0.5, 0.6) is 11.5 Å². The van der Waals surface area contributed by atoms with Crippen molar-refractivity contribution in [2.75, 3.05) is 19.1 Å². The number of hydrogen-bond donors (Lipinski definition) is 1. The summed E-state index contributed by atoms with van der Waals surface area (Å²) in [7, 11) is 3.06. The molecule has 0 bridgehead atoms. The Labute approximate surface area is 235 Å². The highest BCUT2D eigenvalue weighted by atomic mass is 16.5. The van der Waals surface area contributed by atoms with Gasteiger partial charge in [0, 0.05) is 11.1 Å². The van der Waals surface area contributed by atoms with Gasteiger partial charge < -0.3 is 14.8 Å². The first kappa shape index (κ1) is 28.6. The van der Waals surface area contributed by atoms with Gasteiger partial charge in [-0.3, -0.25) is 14.5 Å². The third kappa shape index (κ3) is 5.78. The second-order valence-corrected chi connectivity index (χ2v) is 11.0. The number of nitrogens with zero attached hydrogens (tertiary/aromatic N) is 4. The lowest BCUT2D eigenvalue weighted by Crippen LogP contribution is -2.50. The maximum atomic E-state index is 14.5. The molecule has 0 aliphatic heterocycles. The number of para-hydroxylation sites is 2. The molecule has 9 nitrogen and oxygen atoms in total. The highest BCUT2D eigenvalue weighted by Crippen LogP contribution is 2.41. The number of rotatable bonds is 8. The lowest BCUT2D eigenvalue weighted by Gasteiger charge is -2.36. The zero-order chi connectivity index (χ0) is 29.2. The monoisotopic (exact) mass is 543 g/mol. The molecule has 1 aromatic heterocycles. The number of amides is 2. The standard InChI is InChI=1S/C31H37N5O4/c1-19-16-20(2)27(21(3)17-19)36(26(37)18-35-24-14-10-9-13-23(24)33-34-35)28(30(38)32-31(4,5)6)22-12-11-15-25(39-7)29(22)40-8/h9-17,28H,18H2,1-8H3,(H,32,38). The highest BCUT2D eigenvalue weighted by molar-refractivity contribution is 6.03. The van der Waals surface area contributed by atoms with Gasteiger partial charge in [-0.25, -0.2) is 4.68 Å². The summed E-state index contributed by atoms with van der Waals surface area (Å²) in [5.74, 6) is 0.158. The minimum Gasteiger partial charge on any atom is -0.493 e. The van der Waals surface area contributed by atoms with E-state index in [1.165, 1.54) is 7.11 Å². The number of carbonyl (C=O) groups excluding carboxylic acids is 2. The van der Waals surface area contributed by atoms with Crippen LogP contribution in [0.15, 0.2) is 54.6 Å². The maximum Gasteiger partial charge on any atom is 0.249 e. The fourth-order valence-corrected chi connectivity index (χ4v) is 5.15. The molecule has 9 heteroatoms. The van der Waals surface area contributed by atoms with Crippen molar-refractivity contribution in [2.45, 2.75) is 59.7 Å². The van der Waals surface area contributed by atoms with E-state index in [2.05, 4.69) is 15.6 Å². The summed E-state index contributed by atoms with van der Waals surface area (Å²) < 4.78 is 12.9. The van der Waals surface area contributed by atoms with E-state index in [9.17, 15) is 9.59 Å². The molecule has 0 aliphatic carbocycles. The van der Waals surface area contributed by atoms with Crippen LogP contribution in [0.2, 0.25) is 0 Å². The third-order valence-corrected chi connectivity index (χ3v) is 6.58. The summed E-state index contributed by atoms with van der Waals surface area (Å²) >= 11 is 0. The lowest BCUT2D eigenvalue weighted by atomic mass is 9.96. The minimum atomic E-state index is -1.08. The third-order valence-electron chi connectivity index (χ3n) is 6.58. The number of anilines is 1. The molecule has 0 fully saturated rings. The highest BCUT2D eigenvalue weighted by Gasteiger charge is 2.38. The SMILES string of the molecule is COc1cccc(C(C(=O)NC(C)(C)C)N(C(=O)Cn2nnc3ccccc32)c2c(C)cc(C)cc2C)c1OC. The smallest absolute Gasteiger partial charge is 0.249 e. The first-order valence-corrected chi connectivity index (χ1v) is 13.2. The Kier molecular flexibility index (Phi) is 8.13. The van der Waals surface area contributed by atoms with Gasteiger partial charge in [0.1, 0.15) is 18.1 Å². The molecule has 0 saturated carbocycles. The largest absolute Gasteiger partial charge is 0.493 e. The van der Waals surface area contributed by atoms with Crippen molar-refractivity contribution in [3.63, 3.8) is 0 Å². The van der Waals surface area contributed by atoms with Gasteiger partial charge in [0.2, 0.25) is 11.8 Å². The Morgan fingerprint density at radius 2 is 1.65 bits per heavy atom. The van der Waals surface area contributed by atoms with E-state index in [-0.39, 0.29) is 18.4 Å². The van der Waals surface area contributed by atoms with Gasteiger partial charge in [-0.1, -0.05) is 47.2 Å². The maximum absolute atomic E-state index is 14.5. The molecular formula is C31H37N5O4. The van der Waals surface area contributed by atoms with Crippen molar-refractivity contribution in [1.29, 1.82) is 0 Å².